The lowest BCUT2D eigenvalue weighted by atomic mass is 10.1. The lowest BCUT2D eigenvalue weighted by Crippen LogP contribution is -2.36. The molecule has 132 valence electrons. The maximum Gasteiger partial charge on any atom is 0.228 e. The van der Waals surface area contributed by atoms with E-state index in [-0.39, 0.29) is 12.3 Å². The molecule has 1 aliphatic rings. The summed E-state index contributed by atoms with van der Waals surface area (Å²) in [6.07, 6.45) is 0.0908. The molecule has 25 heavy (non-hydrogen) atoms. The number of benzene rings is 2. The minimum Gasteiger partial charge on any atom is -0.378 e. The van der Waals surface area contributed by atoms with E-state index in [0.717, 1.165) is 18.8 Å². The van der Waals surface area contributed by atoms with Crippen LogP contribution in [0, 0.1) is 0 Å². The minimum atomic E-state index is -0.202. The molecule has 4 nitrogen and oxygen atoms in total. The highest BCUT2D eigenvalue weighted by molar-refractivity contribution is 6.36. The molecule has 2 aromatic rings. The van der Waals surface area contributed by atoms with E-state index in [2.05, 4.69) is 10.2 Å². The van der Waals surface area contributed by atoms with Crippen molar-refractivity contribution in [2.45, 2.75) is 6.42 Å². The smallest absolute Gasteiger partial charge is 0.228 e. The predicted molar refractivity (Wildman–Crippen MR) is 103 cm³/mol. The molecule has 3 rings (SSSR count). The van der Waals surface area contributed by atoms with Crippen LogP contribution in [0.3, 0.4) is 0 Å². The largest absolute Gasteiger partial charge is 0.378 e. The summed E-state index contributed by atoms with van der Waals surface area (Å²) in [5, 5.41) is 4.44. The molecule has 1 fully saturated rings. The summed E-state index contributed by atoms with van der Waals surface area (Å²) >= 11 is 18.4. The van der Waals surface area contributed by atoms with Crippen molar-refractivity contribution in [2.24, 2.45) is 0 Å². The summed E-state index contributed by atoms with van der Waals surface area (Å²) in [5.74, 6) is -0.202. The Morgan fingerprint density at radius 2 is 1.76 bits per heavy atom. The third kappa shape index (κ3) is 4.59. The average Bonchev–Trinajstić information content (AvgIpc) is 2.59. The van der Waals surface area contributed by atoms with Crippen LogP contribution in [-0.2, 0) is 16.0 Å². The Morgan fingerprint density at radius 1 is 1.08 bits per heavy atom. The van der Waals surface area contributed by atoms with E-state index in [0.29, 0.717) is 39.5 Å². The third-order valence-electron chi connectivity index (χ3n) is 3.98. The van der Waals surface area contributed by atoms with Gasteiger partial charge in [0.1, 0.15) is 0 Å². The number of morpholine rings is 1. The second-order valence-electron chi connectivity index (χ2n) is 5.69. The number of ether oxygens (including phenoxy) is 1. The zero-order chi connectivity index (χ0) is 17.8. The molecule has 2 aromatic carbocycles. The SMILES string of the molecule is O=C(Cc1c(Cl)cccc1Cl)Nc1cc(Cl)ccc1N1CCOCC1. The Morgan fingerprint density at radius 3 is 2.44 bits per heavy atom. The zero-order valence-corrected chi connectivity index (χ0v) is 15.7. The minimum absolute atomic E-state index is 0.0908. The van der Waals surface area contributed by atoms with Gasteiger partial charge in [-0.2, -0.15) is 0 Å². The standard InChI is InChI=1S/C18H17Cl3N2O2/c19-12-4-5-17(23-6-8-25-9-7-23)16(10-12)22-18(24)11-13-14(20)2-1-3-15(13)21/h1-5,10H,6-9,11H2,(H,22,24). The molecule has 0 unspecified atom stereocenters. The lowest BCUT2D eigenvalue weighted by Gasteiger charge is -2.30. The van der Waals surface area contributed by atoms with Crippen molar-refractivity contribution in [2.75, 3.05) is 36.5 Å². The second-order valence-corrected chi connectivity index (χ2v) is 6.94. The van der Waals surface area contributed by atoms with E-state index >= 15 is 0 Å². The van der Waals surface area contributed by atoms with E-state index in [1.54, 1.807) is 24.3 Å². The number of nitrogens with one attached hydrogen (secondary N) is 1. The molecule has 0 aromatic heterocycles. The summed E-state index contributed by atoms with van der Waals surface area (Å²) < 4.78 is 5.39. The van der Waals surface area contributed by atoms with Crippen LogP contribution in [0.2, 0.25) is 15.1 Å². The van der Waals surface area contributed by atoms with Crippen molar-refractivity contribution in [3.05, 3.63) is 57.0 Å². The zero-order valence-electron chi connectivity index (χ0n) is 13.4. The monoisotopic (exact) mass is 398 g/mol. The number of hydrogen-bond acceptors (Lipinski definition) is 3. The van der Waals surface area contributed by atoms with E-state index in [9.17, 15) is 4.79 Å². The van der Waals surface area contributed by atoms with Crippen LogP contribution in [0.1, 0.15) is 5.56 Å². The number of hydrogen-bond donors (Lipinski definition) is 1. The molecular weight excluding hydrogens is 383 g/mol. The predicted octanol–water partition coefficient (Wildman–Crippen LogP) is 4.66. The van der Waals surface area contributed by atoms with Gasteiger partial charge in [-0.1, -0.05) is 40.9 Å². The summed E-state index contributed by atoms with van der Waals surface area (Å²) in [5.41, 5.74) is 2.20. The van der Waals surface area contributed by atoms with Gasteiger partial charge in [-0.3, -0.25) is 4.79 Å². The first-order valence-electron chi connectivity index (χ1n) is 7.89. The molecule has 0 atom stereocenters. The van der Waals surface area contributed by atoms with Gasteiger partial charge in [0, 0.05) is 28.2 Å². The summed E-state index contributed by atoms with van der Waals surface area (Å²) in [4.78, 5) is 14.7. The molecule has 0 radical (unpaired) electrons. The fourth-order valence-electron chi connectivity index (χ4n) is 2.74. The molecule has 1 amide bonds. The lowest BCUT2D eigenvalue weighted by molar-refractivity contribution is -0.115. The maximum absolute atomic E-state index is 12.5. The topological polar surface area (TPSA) is 41.6 Å². The summed E-state index contributed by atoms with van der Waals surface area (Å²) in [6, 6.07) is 10.7. The number of halogens is 3. The number of anilines is 2. The van der Waals surface area contributed by atoms with Gasteiger partial charge in [-0.15, -0.1) is 0 Å². The van der Waals surface area contributed by atoms with Crippen LogP contribution < -0.4 is 10.2 Å². The Balaban J connectivity index is 1.79. The van der Waals surface area contributed by atoms with Gasteiger partial charge in [0.25, 0.3) is 0 Å². The number of carbonyl (C=O) groups is 1. The van der Waals surface area contributed by atoms with Crippen LogP contribution in [-0.4, -0.2) is 32.2 Å². The van der Waals surface area contributed by atoms with Crippen LogP contribution >= 0.6 is 34.8 Å². The fraction of sp³-hybridized carbons (Fsp3) is 0.278. The molecule has 0 saturated carbocycles. The Labute approximate surface area is 161 Å². The van der Waals surface area contributed by atoms with Crippen LogP contribution in [0.15, 0.2) is 36.4 Å². The van der Waals surface area contributed by atoms with E-state index in [4.69, 9.17) is 39.5 Å². The third-order valence-corrected chi connectivity index (χ3v) is 4.93. The van der Waals surface area contributed by atoms with E-state index in [1.807, 2.05) is 12.1 Å². The highest BCUT2D eigenvalue weighted by Crippen LogP contribution is 2.31. The van der Waals surface area contributed by atoms with Crippen LogP contribution in [0.4, 0.5) is 11.4 Å². The first-order chi connectivity index (χ1) is 12.0. The van der Waals surface area contributed by atoms with E-state index in [1.165, 1.54) is 0 Å². The molecule has 0 aliphatic carbocycles. The van der Waals surface area contributed by atoms with Crippen molar-refractivity contribution in [1.29, 1.82) is 0 Å². The molecule has 1 N–H and O–H groups in total. The molecule has 1 saturated heterocycles. The van der Waals surface area contributed by atoms with Gasteiger partial charge >= 0.3 is 0 Å². The fourth-order valence-corrected chi connectivity index (χ4v) is 3.45. The first-order valence-corrected chi connectivity index (χ1v) is 9.03. The highest BCUT2D eigenvalue weighted by atomic mass is 35.5. The van der Waals surface area contributed by atoms with Gasteiger partial charge in [-0.25, -0.2) is 0 Å². The van der Waals surface area contributed by atoms with Gasteiger partial charge < -0.3 is 15.0 Å². The molecule has 7 heteroatoms. The number of rotatable bonds is 4. The van der Waals surface area contributed by atoms with Crippen molar-refractivity contribution in [3.63, 3.8) is 0 Å². The van der Waals surface area contributed by atoms with Crippen molar-refractivity contribution < 1.29 is 9.53 Å². The summed E-state index contributed by atoms with van der Waals surface area (Å²) in [6.45, 7) is 2.85. The Bertz CT molecular complexity index is 757. The normalized spacial score (nSPS) is 14.4. The molecule has 0 bridgehead atoms. The highest BCUT2D eigenvalue weighted by Gasteiger charge is 2.17. The van der Waals surface area contributed by atoms with Crippen molar-refractivity contribution >= 4 is 52.1 Å². The van der Waals surface area contributed by atoms with Gasteiger partial charge in [0.15, 0.2) is 0 Å². The van der Waals surface area contributed by atoms with Crippen LogP contribution in [0.5, 0.6) is 0 Å². The first kappa shape index (κ1) is 18.3. The van der Waals surface area contributed by atoms with Gasteiger partial charge in [0.05, 0.1) is 31.0 Å². The Hall–Kier alpha value is -1.46. The molecule has 0 spiro atoms. The quantitative estimate of drug-likeness (QED) is 0.812. The number of carbonyl (C=O) groups excluding carboxylic acids is 1. The second kappa shape index (κ2) is 8.28. The van der Waals surface area contributed by atoms with Crippen molar-refractivity contribution in [3.8, 4) is 0 Å². The average molecular weight is 400 g/mol. The van der Waals surface area contributed by atoms with Crippen LogP contribution in [0.25, 0.3) is 0 Å². The number of amides is 1. The van der Waals surface area contributed by atoms with E-state index < -0.39 is 0 Å². The molecule has 1 aliphatic heterocycles. The maximum atomic E-state index is 12.5. The Kier molecular flexibility index (Phi) is 6.07. The number of nitrogens with zero attached hydrogens (tertiary/aromatic N) is 1. The van der Waals surface area contributed by atoms with Crippen molar-refractivity contribution in [1.82, 2.24) is 0 Å². The van der Waals surface area contributed by atoms with Gasteiger partial charge in [-0.05, 0) is 35.9 Å². The molecular formula is C18H17Cl3N2O2. The van der Waals surface area contributed by atoms with Gasteiger partial charge in [0.2, 0.25) is 5.91 Å². The molecule has 1 heterocycles. The summed E-state index contributed by atoms with van der Waals surface area (Å²) in [7, 11) is 0.